The molecule has 0 N–H and O–H groups in total. The number of piperazine rings is 1. The fourth-order valence-corrected chi connectivity index (χ4v) is 4.93. The van der Waals surface area contributed by atoms with E-state index in [1.807, 2.05) is 9.80 Å². The Labute approximate surface area is 222 Å². The third-order valence-corrected chi connectivity index (χ3v) is 6.62. The van der Waals surface area contributed by atoms with Gasteiger partial charge in [0.15, 0.2) is 0 Å². The quantitative estimate of drug-likeness (QED) is 0.515. The van der Waals surface area contributed by atoms with Gasteiger partial charge in [0, 0.05) is 31.7 Å². The van der Waals surface area contributed by atoms with Crippen LogP contribution >= 0.6 is 11.6 Å². The molecule has 1 atom stereocenters. The van der Waals surface area contributed by atoms with Crippen LogP contribution in [0.2, 0.25) is 5.02 Å². The van der Waals surface area contributed by atoms with E-state index in [4.69, 9.17) is 21.6 Å². The van der Waals surface area contributed by atoms with Gasteiger partial charge in [0.2, 0.25) is 5.91 Å². The zero-order valence-corrected chi connectivity index (χ0v) is 22.1. The van der Waals surface area contributed by atoms with E-state index in [0.717, 1.165) is 0 Å². The largest absolute Gasteiger partial charge is 0.352 e. The number of fused-ring (bicyclic) bond motifs is 1. The third kappa shape index (κ3) is 5.37. The van der Waals surface area contributed by atoms with Gasteiger partial charge in [-0.05, 0) is 29.7 Å². The molecule has 0 aliphatic carbocycles. The van der Waals surface area contributed by atoms with Crippen LogP contribution in [0.1, 0.15) is 32.8 Å². The molecule has 9 heteroatoms. The first kappa shape index (κ1) is 26.4. The number of amidine groups is 1. The standard InChI is InChI=1S/C28H30ClFN6O/c1-6-24(37)35-14-13-34(16-19(35)11-12-31)26-21-15-22(29)25(20-9-7-8-10-23(20)30)33-27(21)36(18(2)32-26)17-28(3,4)5/h6-10,15,19H,1-2,11,13-14,16-17H2,3-5H3. The molecule has 0 bridgehead atoms. The molecule has 37 heavy (non-hydrogen) atoms. The summed E-state index contributed by atoms with van der Waals surface area (Å²) in [7, 11) is 0. The van der Waals surface area contributed by atoms with Crippen LogP contribution in [0.25, 0.3) is 11.3 Å². The van der Waals surface area contributed by atoms with Gasteiger partial charge >= 0.3 is 0 Å². The molecule has 7 nitrogen and oxygen atoms in total. The number of carbonyl (C=O) groups excluding carboxylic acids is 1. The van der Waals surface area contributed by atoms with Crippen LogP contribution < -0.4 is 4.90 Å². The summed E-state index contributed by atoms with van der Waals surface area (Å²) in [6.07, 6.45) is 1.45. The number of amides is 1. The van der Waals surface area contributed by atoms with Crippen molar-refractivity contribution < 1.29 is 9.18 Å². The predicted octanol–water partition coefficient (Wildman–Crippen LogP) is 5.24. The van der Waals surface area contributed by atoms with Gasteiger partial charge in [-0.15, -0.1) is 0 Å². The minimum atomic E-state index is -0.412. The number of nitrogens with zero attached hydrogens (tertiary/aromatic N) is 6. The minimum absolute atomic E-state index is 0.110. The van der Waals surface area contributed by atoms with Crippen LogP contribution in [0.5, 0.6) is 0 Å². The summed E-state index contributed by atoms with van der Waals surface area (Å²) in [5, 5.41) is 9.69. The normalized spacial score (nSPS) is 17.7. The number of pyridine rings is 1. The molecule has 192 valence electrons. The van der Waals surface area contributed by atoms with Crippen molar-refractivity contribution in [1.29, 1.82) is 5.26 Å². The molecule has 1 fully saturated rings. The number of aliphatic imine (C=N–C) groups is 1. The van der Waals surface area contributed by atoms with Crippen LogP contribution in [0.15, 0.2) is 60.4 Å². The Morgan fingerprint density at radius 1 is 1.30 bits per heavy atom. The molecule has 2 aliphatic rings. The van der Waals surface area contributed by atoms with E-state index in [2.05, 4.69) is 40.0 Å². The lowest BCUT2D eigenvalue weighted by Crippen LogP contribution is -2.56. The summed E-state index contributed by atoms with van der Waals surface area (Å²) in [5.74, 6) is 1.10. The topological polar surface area (TPSA) is 75.8 Å². The molecule has 0 saturated carbocycles. The van der Waals surface area contributed by atoms with Crippen molar-refractivity contribution in [3.8, 4) is 17.3 Å². The van der Waals surface area contributed by atoms with Crippen molar-refractivity contribution in [2.45, 2.75) is 33.2 Å². The van der Waals surface area contributed by atoms with E-state index in [-0.39, 0.29) is 23.8 Å². The van der Waals surface area contributed by atoms with Gasteiger partial charge in [0.25, 0.3) is 0 Å². The molecule has 4 rings (SSSR count). The Morgan fingerprint density at radius 3 is 2.68 bits per heavy atom. The van der Waals surface area contributed by atoms with E-state index >= 15 is 0 Å². The first-order valence-electron chi connectivity index (χ1n) is 12.1. The zero-order valence-electron chi connectivity index (χ0n) is 21.3. The van der Waals surface area contributed by atoms with E-state index in [1.54, 1.807) is 29.2 Å². The molecule has 2 aromatic rings. The smallest absolute Gasteiger partial charge is 0.246 e. The molecular formula is C28H30ClFN6O. The number of hydrogen-bond donors (Lipinski definition) is 0. The van der Waals surface area contributed by atoms with Crippen molar-refractivity contribution >= 4 is 29.2 Å². The Hall–Kier alpha value is -3.70. The first-order valence-corrected chi connectivity index (χ1v) is 12.5. The fourth-order valence-electron chi connectivity index (χ4n) is 4.67. The lowest BCUT2D eigenvalue weighted by molar-refractivity contribution is -0.129. The monoisotopic (exact) mass is 520 g/mol. The van der Waals surface area contributed by atoms with Crippen molar-refractivity contribution in [3.63, 3.8) is 0 Å². The lowest BCUT2D eigenvalue weighted by Gasteiger charge is -2.43. The Kier molecular flexibility index (Phi) is 7.37. The van der Waals surface area contributed by atoms with Crippen LogP contribution in [0.4, 0.5) is 10.2 Å². The van der Waals surface area contributed by atoms with E-state index < -0.39 is 5.82 Å². The molecule has 1 aromatic heterocycles. The second-order valence-corrected chi connectivity index (χ2v) is 10.8. The van der Waals surface area contributed by atoms with E-state index in [1.165, 1.54) is 12.1 Å². The second-order valence-electron chi connectivity index (χ2n) is 10.4. The highest BCUT2D eigenvalue weighted by molar-refractivity contribution is 6.33. The zero-order chi connectivity index (χ0) is 26.9. The molecule has 0 spiro atoms. The number of anilines is 1. The first-order chi connectivity index (χ1) is 17.5. The van der Waals surface area contributed by atoms with Crippen LogP contribution in [0.3, 0.4) is 0 Å². The second kappa shape index (κ2) is 10.3. The van der Waals surface area contributed by atoms with Crippen LogP contribution in [-0.4, -0.2) is 58.7 Å². The van der Waals surface area contributed by atoms with Gasteiger partial charge in [0.1, 0.15) is 23.3 Å². The van der Waals surface area contributed by atoms with E-state index in [0.29, 0.717) is 65.5 Å². The molecular weight excluding hydrogens is 491 g/mol. The maximum absolute atomic E-state index is 14.7. The van der Waals surface area contributed by atoms with Gasteiger partial charge in [-0.2, -0.15) is 5.26 Å². The highest BCUT2D eigenvalue weighted by Gasteiger charge is 2.36. The SMILES string of the molecule is C=CC(=O)N1CCN(C2=NC(=C)N(CC(C)(C)C)c3nc(-c4ccccc4F)c(Cl)cc32)CC1CC#N. The predicted molar refractivity (Wildman–Crippen MR) is 145 cm³/mol. The lowest BCUT2D eigenvalue weighted by atomic mass is 9.95. The third-order valence-electron chi connectivity index (χ3n) is 6.33. The van der Waals surface area contributed by atoms with E-state index in [9.17, 15) is 14.4 Å². The van der Waals surface area contributed by atoms with Gasteiger partial charge in [-0.3, -0.25) is 4.79 Å². The number of benzene rings is 1. The van der Waals surface area contributed by atoms with Crippen molar-refractivity contribution in [1.82, 2.24) is 14.8 Å². The average Bonchev–Trinajstić information content (AvgIpc) is 2.85. The number of halogens is 2. The molecule has 1 amide bonds. The summed E-state index contributed by atoms with van der Waals surface area (Å²) in [6, 6.07) is 10.0. The molecule has 1 aromatic carbocycles. The Balaban J connectivity index is 1.81. The molecule has 1 unspecified atom stereocenters. The molecule has 0 radical (unpaired) electrons. The van der Waals surface area contributed by atoms with Crippen LogP contribution in [-0.2, 0) is 4.79 Å². The van der Waals surface area contributed by atoms with Crippen molar-refractivity contribution in [2.75, 3.05) is 31.1 Å². The number of carbonyl (C=O) groups is 1. The summed E-state index contributed by atoms with van der Waals surface area (Å²) in [4.78, 5) is 27.7. The molecule has 3 heterocycles. The number of aromatic nitrogens is 1. The summed E-state index contributed by atoms with van der Waals surface area (Å²) in [6.45, 7) is 16.0. The maximum Gasteiger partial charge on any atom is 0.246 e. The van der Waals surface area contributed by atoms with Crippen LogP contribution in [0, 0.1) is 22.6 Å². The number of hydrogen-bond acceptors (Lipinski definition) is 6. The average molecular weight is 521 g/mol. The number of nitriles is 1. The van der Waals surface area contributed by atoms with Gasteiger partial charge in [-0.25, -0.2) is 14.4 Å². The van der Waals surface area contributed by atoms with Gasteiger partial charge in [0.05, 0.1) is 34.8 Å². The van der Waals surface area contributed by atoms with Crippen molar-refractivity contribution in [2.24, 2.45) is 10.4 Å². The maximum atomic E-state index is 14.7. The van der Waals surface area contributed by atoms with Crippen molar-refractivity contribution in [3.05, 3.63) is 71.8 Å². The fraction of sp³-hybridized carbons (Fsp3) is 0.357. The molecule has 2 aliphatic heterocycles. The highest BCUT2D eigenvalue weighted by atomic mass is 35.5. The molecule has 1 saturated heterocycles. The van der Waals surface area contributed by atoms with Gasteiger partial charge < -0.3 is 14.7 Å². The Morgan fingerprint density at radius 2 is 2.03 bits per heavy atom. The van der Waals surface area contributed by atoms with Gasteiger partial charge in [-0.1, -0.05) is 57.7 Å². The summed E-state index contributed by atoms with van der Waals surface area (Å²) >= 11 is 6.70. The summed E-state index contributed by atoms with van der Waals surface area (Å²) in [5.41, 5.74) is 1.24. The minimum Gasteiger partial charge on any atom is -0.352 e. The summed E-state index contributed by atoms with van der Waals surface area (Å²) < 4.78 is 14.7. The number of rotatable bonds is 4. The highest BCUT2D eigenvalue weighted by Crippen LogP contribution is 2.38. The Bertz CT molecular complexity index is 1320.